The summed E-state index contributed by atoms with van der Waals surface area (Å²) in [5, 5.41) is 0. The fourth-order valence-electron chi connectivity index (χ4n) is 2.01. The molecule has 72 valence electrons. The van der Waals surface area contributed by atoms with E-state index < -0.39 is 0 Å². The summed E-state index contributed by atoms with van der Waals surface area (Å²) in [6.07, 6.45) is 7.27. The zero-order valence-corrected chi connectivity index (χ0v) is 12.3. The Hall–Kier alpha value is 1.46. The molecule has 0 atom stereocenters. The first-order valence-corrected chi connectivity index (χ1v) is 7.13. The normalized spacial score (nSPS) is 32.0. The van der Waals surface area contributed by atoms with E-state index in [-0.39, 0.29) is 0 Å². The lowest BCUT2D eigenvalue weighted by Crippen LogP contribution is -2.21. The largest absolute Gasteiger partial charge is 0.0826 e. The van der Waals surface area contributed by atoms with Gasteiger partial charge in [-0.25, -0.2) is 0 Å². The van der Waals surface area contributed by atoms with Gasteiger partial charge in [0.1, 0.15) is 0 Å². The zero-order chi connectivity index (χ0) is 9.19. The third-order valence-corrected chi connectivity index (χ3v) is 4.24. The van der Waals surface area contributed by atoms with Crippen molar-refractivity contribution in [1.29, 1.82) is 0 Å². The molecule has 1 fully saturated rings. The molecule has 0 aromatic rings. The first-order chi connectivity index (χ1) is 5.47. The van der Waals surface area contributed by atoms with E-state index in [1.54, 1.807) is 0 Å². The Morgan fingerprint density at radius 2 is 1.67 bits per heavy atom. The van der Waals surface area contributed by atoms with Crippen molar-refractivity contribution in [2.24, 2.45) is 5.92 Å². The fourth-order valence-corrected chi connectivity index (χ4v) is 3.35. The molecule has 0 unspecified atom stereocenters. The summed E-state index contributed by atoms with van der Waals surface area (Å²) < 4.78 is 1.48. The Morgan fingerprint density at radius 3 is 2.08 bits per heavy atom. The van der Waals surface area contributed by atoms with E-state index in [2.05, 4.69) is 59.0 Å². The van der Waals surface area contributed by atoms with Crippen molar-refractivity contribution in [2.75, 3.05) is 0 Å². The van der Waals surface area contributed by atoms with Gasteiger partial charge in [-0.15, -0.1) is 0 Å². The van der Waals surface area contributed by atoms with Crippen LogP contribution in [0.25, 0.3) is 0 Å². The minimum atomic E-state index is 0.514. The van der Waals surface area contributed by atoms with Gasteiger partial charge in [0.15, 0.2) is 0 Å². The van der Waals surface area contributed by atoms with Gasteiger partial charge in [-0.2, -0.15) is 0 Å². The summed E-state index contributed by atoms with van der Waals surface area (Å²) in [6, 6.07) is 0. The van der Waals surface area contributed by atoms with E-state index in [1.165, 1.54) is 32.1 Å². The molecule has 0 spiro atoms. The Kier molecular flexibility index (Phi) is 4.62. The average Bonchev–Trinajstić information content (AvgIpc) is 1.91. The lowest BCUT2D eigenvalue weighted by atomic mass is 9.84. The SMILES string of the molecule is CC(C)(I)CC1CCC(I)CC1. The molecular formula is C10H18I2. The van der Waals surface area contributed by atoms with Gasteiger partial charge in [0.2, 0.25) is 0 Å². The quantitative estimate of drug-likeness (QED) is 0.477. The smallest absolute Gasteiger partial charge is 0.0168 e. The highest BCUT2D eigenvalue weighted by Gasteiger charge is 2.24. The highest BCUT2D eigenvalue weighted by Crippen LogP contribution is 2.36. The number of hydrogen-bond donors (Lipinski definition) is 0. The Morgan fingerprint density at radius 1 is 1.17 bits per heavy atom. The summed E-state index contributed by atoms with van der Waals surface area (Å²) in [4.78, 5) is 0. The van der Waals surface area contributed by atoms with E-state index in [0.717, 1.165) is 9.84 Å². The lowest BCUT2D eigenvalue weighted by molar-refractivity contribution is 0.332. The van der Waals surface area contributed by atoms with Gasteiger partial charge < -0.3 is 0 Å². The number of halogens is 2. The fraction of sp³-hybridized carbons (Fsp3) is 1.00. The molecule has 0 aromatic carbocycles. The van der Waals surface area contributed by atoms with Crippen LogP contribution >= 0.6 is 45.2 Å². The van der Waals surface area contributed by atoms with E-state index >= 15 is 0 Å². The second kappa shape index (κ2) is 4.80. The molecule has 0 amide bonds. The molecule has 12 heavy (non-hydrogen) atoms. The predicted octanol–water partition coefficient (Wildman–Crippen LogP) is 4.58. The van der Waals surface area contributed by atoms with Gasteiger partial charge in [0, 0.05) is 7.35 Å². The number of alkyl halides is 2. The van der Waals surface area contributed by atoms with Gasteiger partial charge in [-0.3, -0.25) is 0 Å². The van der Waals surface area contributed by atoms with E-state index in [9.17, 15) is 0 Å². The van der Waals surface area contributed by atoms with Gasteiger partial charge in [0.25, 0.3) is 0 Å². The summed E-state index contributed by atoms with van der Waals surface area (Å²) in [6.45, 7) is 4.70. The predicted molar refractivity (Wildman–Crippen MR) is 72.5 cm³/mol. The molecule has 1 aliphatic rings. The highest BCUT2D eigenvalue weighted by molar-refractivity contribution is 14.1. The summed E-state index contributed by atoms with van der Waals surface area (Å²) >= 11 is 5.18. The average molecular weight is 392 g/mol. The molecule has 1 saturated carbocycles. The molecule has 0 radical (unpaired) electrons. The molecule has 1 rings (SSSR count). The third-order valence-electron chi connectivity index (χ3n) is 2.55. The maximum absolute atomic E-state index is 2.60. The van der Waals surface area contributed by atoms with Crippen molar-refractivity contribution >= 4 is 45.2 Å². The molecule has 2 heteroatoms. The van der Waals surface area contributed by atoms with Crippen LogP contribution in [0.1, 0.15) is 46.0 Å². The van der Waals surface area contributed by atoms with Gasteiger partial charge in [0.05, 0.1) is 0 Å². The van der Waals surface area contributed by atoms with Crippen molar-refractivity contribution < 1.29 is 0 Å². The highest BCUT2D eigenvalue weighted by atomic mass is 127. The molecule has 0 aromatic heterocycles. The van der Waals surface area contributed by atoms with Crippen LogP contribution in [0, 0.1) is 5.92 Å². The van der Waals surface area contributed by atoms with E-state index in [0.29, 0.717) is 3.42 Å². The molecule has 0 aliphatic heterocycles. The van der Waals surface area contributed by atoms with Crippen LogP contribution in [0.15, 0.2) is 0 Å². The van der Waals surface area contributed by atoms with Crippen LogP contribution in [0.2, 0.25) is 0 Å². The van der Waals surface area contributed by atoms with Crippen molar-refractivity contribution in [3.8, 4) is 0 Å². The van der Waals surface area contributed by atoms with Crippen molar-refractivity contribution in [3.63, 3.8) is 0 Å². The molecule has 0 bridgehead atoms. The first kappa shape index (κ1) is 11.5. The lowest BCUT2D eigenvalue weighted by Gasteiger charge is -2.29. The first-order valence-electron chi connectivity index (χ1n) is 4.80. The summed E-state index contributed by atoms with van der Waals surface area (Å²) in [7, 11) is 0. The second-order valence-electron chi connectivity index (χ2n) is 4.54. The maximum atomic E-state index is 2.60. The second-order valence-corrected chi connectivity index (χ2v) is 9.22. The van der Waals surface area contributed by atoms with E-state index in [4.69, 9.17) is 0 Å². The van der Waals surface area contributed by atoms with E-state index in [1.807, 2.05) is 0 Å². The minimum absolute atomic E-state index is 0.514. The summed E-state index contributed by atoms with van der Waals surface area (Å²) in [5.74, 6) is 1.02. The molecule has 0 saturated heterocycles. The topological polar surface area (TPSA) is 0 Å². The van der Waals surface area contributed by atoms with Crippen molar-refractivity contribution in [3.05, 3.63) is 0 Å². The maximum Gasteiger partial charge on any atom is 0.0168 e. The van der Waals surface area contributed by atoms with Crippen LogP contribution in [0.4, 0.5) is 0 Å². The minimum Gasteiger partial charge on any atom is -0.0826 e. The molecule has 0 N–H and O–H groups in total. The number of hydrogen-bond acceptors (Lipinski definition) is 0. The standard InChI is InChI=1S/C10H18I2/c1-10(2,12)7-8-3-5-9(11)6-4-8/h8-9H,3-7H2,1-2H3. The Balaban J connectivity index is 2.26. The zero-order valence-electron chi connectivity index (χ0n) is 7.95. The third kappa shape index (κ3) is 4.63. The van der Waals surface area contributed by atoms with Gasteiger partial charge in [-0.05, 0) is 38.0 Å². The molecule has 0 heterocycles. The molecular weight excluding hydrogens is 374 g/mol. The van der Waals surface area contributed by atoms with Crippen LogP contribution in [0.3, 0.4) is 0 Å². The van der Waals surface area contributed by atoms with Crippen molar-refractivity contribution in [2.45, 2.75) is 53.3 Å². The van der Waals surface area contributed by atoms with Crippen LogP contribution in [-0.2, 0) is 0 Å². The van der Waals surface area contributed by atoms with Crippen LogP contribution in [-0.4, -0.2) is 7.35 Å². The van der Waals surface area contributed by atoms with Gasteiger partial charge >= 0.3 is 0 Å². The molecule has 1 aliphatic carbocycles. The van der Waals surface area contributed by atoms with Crippen LogP contribution in [0.5, 0.6) is 0 Å². The summed E-state index contributed by atoms with van der Waals surface area (Å²) in [5.41, 5.74) is 0. The monoisotopic (exact) mass is 392 g/mol. The molecule has 0 nitrogen and oxygen atoms in total. The van der Waals surface area contributed by atoms with Crippen LogP contribution < -0.4 is 0 Å². The Labute approximate surface area is 104 Å². The van der Waals surface area contributed by atoms with Crippen molar-refractivity contribution in [1.82, 2.24) is 0 Å². The number of rotatable bonds is 2. The van der Waals surface area contributed by atoms with Gasteiger partial charge in [-0.1, -0.05) is 59.0 Å². The Bertz CT molecular complexity index is 129.